The van der Waals surface area contributed by atoms with E-state index >= 15 is 0 Å². The van der Waals surface area contributed by atoms with Crippen molar-refractivity contribution in [2.24, 2.45) is 0 Å². The highest BCUT2D eigenvalue weighted by Crippen LogP contribution is 2.39. The van der Waals surface area contributed by atoms with E-state index < -0.39 is 29.3 Å². The Morgan fingerprint density at radius 1 is 1.25 bits per heavy atom. The molecule has 13 heteroatoms. The molecule has 0 fully saturated rings. The average Bonchev–Trinajstić information content (AvgIpc) is 3.25. The van der Waals surface area contributed by atoms with E-state index in [9.17, 15) is 23.1 Å². The van der Waals surface area contributed by atoms with Gasteiger partial charge in [0.05, 0.1) is 24.5 Å². The van der Waals surface area contributed by atoms with Gasteiger partial charge in [-0.15, -0.1) is 0 Å². The summed E-state index contributed by atoms with van der Waals surface area (Å²) in [5.41, 5.74) is 5.08. The van der Waals surface area contributed by atoms with Crippen LogP contribution < -0.4 is 15.8 Å². The van der Waals surface area contributed by atoms with Gasteiger partial charge in [0, 0.05) is 23.3 Å². The molecule has 0 radical (unpaired) electrons. The summed E-state index contributed by atoms with van der Waals surface area (Å²) in [5.74, 6) is -0.960. The van der Waals surface area contributed by atoms with Crippen molar-refractivity contribution in [1.82, 2.24) is 24.9 Å². The maximum Gasteiger partial charge on any atom is 0.418 e. The number of fused-ring (bicyclic) bond motifs is 1. The van der Waals surface area contributed by atoms with Gasteiger partial charge >= 0.3 is 6.18 Å². The normalized spacial score (nSPS) is 12.5. The lowest BCUT2D eigenvalue weighted by molar-refractivity contribution is -0.136. The number of aromatic nitrogens is 4. The van der Waals surface area contributed by atoms with Gasteiger partial charge in [-0.2, -0.15) is 18.3 Å². The van der Waals surface area contributed by atoms with E-state index in [1.165, 1.54) is 19.4 Å². The van der Waals surface area contributed by atoms with Crippen molar-refractivity contribution in [1.29, 1.82) is 0 Å². The molecule has 0 unspecified atom stereocenters. The molecule has 36 heavy (non-hydrogen) atoms. The molecular weight excluding hydrogens is 501 g/mol. The number of ether oxygens (including phenoxy) is 1. The molecule has 0 aliphatic heterocycles. The number of amides is 1. The Kier molecular flexibility index (Phi) is 7.00. The van der Waals surface area contributed by atoms with Gasteiger partial charge in [-0.25, -0.2) is 14.5 Å². The third-order valence-corrected chi connectivity index (χ3v) is 5.68. The fraction of sp³-hybridized carbons (Fsp3) is 0.217. The summed E-state index contributed by atoms with van der Waals surface area (Å²) in [4.78, 5) is 20.6. The molecule has 3 aromatic heterocycles. The number of rotatable bonds is 7. The second kappa shape index (κ2) is 9.99. The number of nitrogens with zero attached hydrogens (tertiary/aromatic N) is 4. The van der Waals surface area contributed by atoms with Crippen molar-refractivity contribution >= 4 is 28.8 Å². The highest BCUT2D eigenvalue weighted by molar-refractivity contribution is 6.30. The summed E-state index contributed by atoms with van der Waals surface area (Å²) in [6.07, 6.45) is -3.06. The minimum atomic E-state index is -4.71. The SMILES string of the molecule is COc1ncc(-c2cc(C(F)(F)F)c3c(N)ncnn23)cc1C(=O)NCC[C@H](O)c1ccc(Cl)cc1. The van der Waals surface area contributed by atoms with Gasteiger partial charge in [0.15, 0.2) is 5.82 Å². The molecule has 0 bridgehead atoms. The molecule has 3 heterocycles. The predicted octanol–water partition coefficient (Wildman–Crippen LogP) is 3.91. The minimum Gasteiger partial charge on any atom is -0.480 e. The number of methoxy groups -OCH3 is 1. The molecule has 0 aliphatic rings. The third-order valence-electron chi connectivity index (χ3n) is 5.43. The van der Waals surface area contributed by atoms with Crippen molar-refractivity contribution in [2.75, 3.05) is 19.4 Å². The van der Waals surface area contributed by atoms with Crippen LogP contribution >= 0.6 is 11.6 Å². The van der Waals surface area contributed by atoms with Gasteiger partial charge in [0.25, 0.3) is 5.91 Å². The molecule has 0 saturated heterocycles. The van der Waals surface area contributed by atoms with Crippen molar-refractivity contribution in [2.45, 2.75) is 18.7 Å². The standard InChI is InChI=1S/C23H20ClF3N6O3/c1-36-22-15(21(35)29-7-6-18(34)12-2-4-14(24)5-3-12)8-13(10-30-22)17-9-16(23(25,26)27)19-20(28)31-11-32-33(17)19/h2-5,8-11,18,34H,6-7H2,1H3,(H,29,35)(H2,28,31,32)/t18-/m0/s1. The van der Waals surface area contributed by atoms with Crippen LogP contribution in [-0.2, 0) is 6.18 Å². The molecule has 4 rings (SSSR count). The van der Waals surface area contributed by atoms with E-state index in [2.05, 4.69) is 20.4 Å². The number of nitrogens with two attached hydrogens (primary N) is 1. The Morgan fingerprint density at radius 2 is 1.97 bits per heavy atom. The van der Waals surface area contributed by atoms with Crippen LogP contribution in [0.4, 0.5) is 19.0 Å². The average molecular weight is 521 g/mol. The zero-order chi connectivity index (χ0) is 26.0. The quantitative estimate of drug-likeness (QED) is 0.337. The van der Waals surface area contributed by atoms with Gasteiger partial charge in [-0.05, 0) is 36.2 Å². The number of hydrogen-bond donors (Lipinski definition) is 3. The summed E-state index contributed by atoms with van der Waals surface area (Å²) in [6.45, 7) is 0.103. The molecule has 0 saturated carbocycles. The van der Waals surface area contributed by atoms with E-state index in [1.807, 2.05) is 0 Å². The first kappa shape index (κ1) is 25.2. The molecule has 1 aromatic carbocycles. The lowest BCUT2D eigenvalue weighted by Gasteiger charge is -2.13. The molecule has 4 aromatic rings. The van der Waals surface area contributed by atoms with Crippen molar-refractivity contribution in [3.8, 4) is 17.1 Å². The maximum absolute atomic E-state index is 13.6. The zero-order valence-corrected chi connectivity index (χ0v) is 19.5. The number of benzene rings is 1. The Labute approximate surface area is 207 Å². The van der Waals surface area contributed by atoms with E-state index in [0.717, 1.165) is 16.9 Å². The molecular formula is C23H20ClF3N6O3. The third kappa shape index (κ3) is 5.04. The van der Waals surface area contributed by atoms with Crippen LogP contribution in [0.25, 0.3) is 16.8 Å². The number of halogens is 4. The first-order valence-corrected chi connectivity index (χ1v) is 10.9. The number of pyridine rings is 1. The van der Waals surface area contributed by atoms with Gasteiger partial charge in [0.1, 0.15) is 17.4 Å². The number of alkyl halides is 3. The predicted molar refractivity (Wildman–Crippen MR) is 126 cm³/mol. The van der Waals surface area contributed by atoms with Gasteiger partial charge < -0.3 is 20.9 Å². The van der Waals surface area contributed by atoms with E-state index in [0.29, 0.717) is 10.6 Å². The maximum atomic E-state index is 13.6. The molecule has 188 valence electrons. The van der Waals surface area contributed by atoms with Gasteiger partial charge in [0.2, 0.25) is 5.88 Å². The lowest BCUT2D eigenvalue weighted by atomic mass is 10.1. The Balaban J connectivity index is 1.61. The highest BCUT2D eigenvalue weighted by Gasteiger charge is 2.36. The van der Waals surface area contributed by atoms with E-state index in [4.69, 9.17) is 22.1 Å². The number of carbonyl (C=O) groups is 1. The number of hydrogen-bond acceptors (Lipinski definition) is 7. The van der Waals surface area contributed by atoms with Crippen LogP contribution in [0.2, 0.25) is 5.02 Å². The van der Waals surface area contributed by atoms with Crippen molar-refractivity contribution in [3.63, 3.8) is 0 Å². The monoisotopic (exact) mass is 520 g/mol. The summed E-state index contributed by atoms with van der Waals surface area (Å²) in [7, 11) is 1.31. The Morgan fingerprint density at radius 3 is 2.64 bits per heavy atom. The van der Waals surface area contributed by atoms with Crippen LogP contribution in [0, 0.1) is 0 Å². The smallest absolute Gasteiger partial charge is 0.418 e. The number of aliphatic hydroxyl groups excluding tert-OH is 1. The fourth-order valence-electron chi connectivity index (χ4n) is 3.68. The summed E-state index contributed by atoms with van der Waals surface area (Å²) < 4.78 is 47.1. The van der Waals surface area contributed by atoms with Crippen LogP contribution in [0.5, 0.6) is 5.88 Å². The zero-order valence-electron chi connectivity index (χ0n) is 18.8. The second-order valence-electron chi connectivity index (χ2n) is 7.74. The highest BCUT2D eigenvalue weighted by atomic mass is 35.5. The van der Waals surface area contributed by atoms with Crippen LogP contribution in [0.15, 0.2) is 48.9 Å². The summed E-state index contributed by atoms with van der Waals surface area (Å²) in [5, 5.41) is 17.4. The van der Waals surface area contributed by atoms with E-state index in [1.54, 1.807) is 24.3 Å². The Hall–Kier alpha value is -3.90. The van der Waals surface area contributed by atoms with Crippen molar-refractivity contribution in [3.05, 3.63) is 70.6 Å². The molecule has 1 amide bonds. The number of nitrogen functional groups attached to an aromatic ring is 1. The van der Waals surface area contributed by atoms with Crippen LogP contribution in [-0.4, -0.2) is 44.3 Å². The minimum absolute atomic E-state index is 0.00814. The van der Waals surface area contributed by atoms with Gasteiger partial charge in [-0.1, -0.05) is 23.7 Å². The number of aliphatic hydroxyl groups is 1. The van der Waals surface area contributed by atoms with Crippen molar-refractivity contribution < 1.29 is 27.8 Å². The molecule has 9 nitrogen and oxygen atoms in total. The number of nitrogens with one attached hydrogen (secondary N) is 1. The summed E-state index contributed by atoms with van der Waals surface area (Å²) in [6, 6.07) is 8.87. The van der Waals surface area contributed by atoms with Crippen LogP contribution in [0.3, 0.4) is 0 Å². The number of carbonyl (C=O) groups excluding carboxylic acids is 1. The molecule has 4 N–H and O–H groups in total. The topological polar surface area (TPSA) is 128 Å². The molecule has 0 aliphatic carbocycles. The number of anilines is 1. The molecule has 0 spiro atoms. The lowest BCUT2D eigenvalue weighted by Crippen LogP contribution is -2.26. The first-order valence-electron chi connectivity index (χ1n) is 10.6. The summed E-state index contributed by atoms with van der Waals surface area (Å²) >= 11 is 5.85. The second-order valence-corrected chi connectivity index (χ2v) is 8.18. The largest absolute Gasteiger partial charge is 0.480 e. The Bertz CT molecular complexity index is 1410. The fourth-order valence-corrected chi connectivity index (χ4v) is 3.80. The van der Waals surface area contributed by atoms with E-state index in [-0.39, 0.29) is 41.5 Å². The first-order chi connectivity index (χ1) is 17.1. The van der Waals surface area contributed by atoms with Crippen LogP contribution in [0.1, 0.15) is 34.0 Å². The molecule has 1 atom stereocenters. The van der Waals surface area contributed by atoms with Gasteiger partial charge in [-0.3, -0.25) is 4.79 Å².